The molecule has 89 heavy (non-hydrogen) atoms. The van der Waals surface area contributed by atoms with E-state index in [2.05, 4.69) is 19.9 Å². The van der Waals surface area contributed by atoms with Crippen molar-refractivity contribution in [2.45, 2.75) is 9.79 Å². The Balaban J connectivity index is 0.000000141. The first-order valence-corrected chi connectivity index (χ1v) is 30.0. The zero-order valence-corrected chi connectivity index (χ0v) is 48.0. The number of rotatable bonds is 2. The molecule has 0 spiro atoms. The summed E-state index contributed by atoms with van der Waals surface area (Å²) < 4.78 is 74.5. The summed E-state index contributed by atoms with van der Waals surface area (Å²) in [6, 6.07) is 54.7. The summed E-state index contributed by atoms with van der Waals surface area (Å²) in [5.74, 6) is 3.09. The number of aromatic amines is 4. The molecular formula is C64H34CoN16O6S2. The molecule has 6 aromatic heterocycles. The fraction of sp³-hybridized carbons (Fsp3) is 0. The Morgan fingerprint density at radius 3 is 0.663 bits per heavy atom. The van der Waals surface area contributed by atoms with Crippen LogP contribution in [0.3, 0.4) is 0 Å². The molecular weight excluding hydrogens is 1210 g/mol. The SMILES string of the molecule is O=S(=O)([O-])c1cccc2c3nc4nc(nc5[nH]c(nc6nc(nc([nH]3)c12)-c1ccccc1-6)c1ccccc51)-c1ccccc1-4.O=S(=O)([O-])c1cccc2c3nc4nc(nc5[nH]c(nc6nc(nc([nH]3)c12)-c1ccccc1-6)c1ccccc51)-c1ccccc1-4.[Co+2]. The predicted octanol–water partition coefficient (Wildman–Crippen LogP) is 11.5. The quantitative estimate of drug-likeness (QED) is 0.117. The van der Waals surface area contributed by atoms with Crippen molar-refractivity contribution >= 4 is 109 Å². The van der Waals surface area contributed by atoms with Crippen LogP contribution in [-0.2, 0) is 37.0 Å². The van der Waals surface area contributed by atoms with Crippen LogP contribution >= 0.6 is 0 Å². The van der Waals surface area contributed by atoms with E-state index in [1.54, 1.807) is 12.1 Å². The van der Waals surface area contributed by atoms with Crippen molar-refractivity contribution in [2.75, 3.05) is 0 Å². The maximum Gasteiger partial charge on any atom is 2.00 e. The molecule has 25 heteroatoms. The standard InChI is InChI=1S/2C32H18N8O3S.Co/c2*41-44(42,43)23-15-7-14-22-24(23)32-39-30-21-13-6-5-12-20(21)28(37-30)35-26-17-9-2-1-8-16(17)25(33-26)34-27-18-10-3-4-11-19(18)29(36-27)38-31(22)40-32;/h2*1-15H,(H,41,42,43)(H2,33,34,35,36,37,38,39,40);/q;;+2/p-2. The molecule has 8 aromatic carbocycles. The number of nitrogens with zero attached hydrogens (tertiary/aromatic N) is 12. The first kappa shape index (κ1) is 53.3. The monoisotopic (exact) mass is 1250 g/mol. The predicted molar refractivity (Wildman–Crippen MR) is 328 cm³/mol. The third-order valence-electron chi connectivity index (χ3n) is 15.6. The van der Waals surface area contributed by atoms with Crippen molar-refractivity contribution in [1.29, 1.82) is 0 Å². The third kappa shape index (κ3) is 8.66. The van der Waals surface area contributed by atoms with Gasteiger partial charge in [-0.2, -0.15) is 0 Å². The third-order valence-corrected chi connectivity index (χ3v) is 17.4. The minimum Gasteiger partial charge on any atom is -0.744 e. The van der Waals surface area contributed by atoms with E-state index in [-0.39, 0.29) is 38.8 Å². The average molecular weight is 1250 g/mol. The molecule has 10 heterocycles. The van der Waals surface area contributed by atoms with Gasteiger partial charge < -0.3 is 29.0 Å². The number of hydrogen-bond acceptors (Lipinski definition) is 18. The van der Waals surface area contributed by atoms with E-state index in [9.17, 15) is 25.9 Å². The van der Waals surface area contributed by atoms with Crippen molar-refractivity contribution in [3.63, 3.8) is 0 Å². The minimum atomic E-state index is -4.87. The Bertz CT molecular complexity index is 5690. The van der Waals surface area contributed by atoms with Crippen LogP contribution in [0.15, 0.2) is 192 Å². The van der Waals surface area contributed by atoms with Crippen LogP contribution in [0, 0.1) is 0 Å². The van der Waals surface area contributed by atoms with Crippen LogP contribution in [0.2, 0.25) is 0 Å². The van der Waals surface area contributed by atoms with E-state index in [4.69, 9.17) is 59.8 Å². The molecule has 0 aliphatic carbocycles. The largest absolute Gasteiger partial charge is 2.00 e. The van der Waals surface area contributed by atoms with Crippen LogP contribution in [0.25, 0.3) is 179 Å². The first-order chi connectivity index (χ1) is 42.8. The number of aromatic nitrogens is 16. The van der Waals surface area contributed by atoms with Gasteiger partial charge >= 0.3 is 16.8 Å². The molecule has 427 valence electrons. The van der Waals surface area contributed by atoms with Gasteiger partial charge in [-0.3, -0.25) is 0 Å². The Hall–Kier alpha value is -11.2. The minimum absolute atomic E-state index is 0. The molecule has 0 fully saturated rings. The van der Waals surface area contributed by atoms with Crippen molar-refractivity contribution in [2.24, 2.45) is 0 Å². The summed E-state index contributed by atoms with van der Waals surface area (Å²) in [6.45, 7) is 0. The smallest absolute Gasteiger partial charge is 0.744 e. The Morgan fingerprint density at radius 1 is 0.236 bits per heavy atom. The summed E-state index contributed by atoms with van der Waals surface area (Å²) >= 11 is 0. The summed E-state index contributed by atoms with van der Waals surface area (Å²) in [5, 5.41) is 4.49. The summed E-state index contributed by atoms with van der Waals surface area (Å²) in [5.41, 5.74) is 9.09. The first-order valence-electron chi connectivity index (χ1n) is 27.2. The Morgan fingerprint density at radius 2 is 0.427 bits per heavy atom. The summed E-state index contributed by atoms with van der Waals surface area (Å²) in [7, 11) is -9.73. The Labute approximate surface area is 510 Å². The molecule has 0 amide bonds. The normalized spacial score (nSPS) is 12.2. The number of H-pyrrole nitrogens is 4. The number of fused-ring (bicyclic) bond motifs is 40. The fourth-order valence-electron chi connectivity index (χ4n) is 11.7. The van der Waals surface area contributed by atoms with Crippen LogP contribution in [0.4, 0.5) is 0 Å². The van der Waals surface area contributed by atoms with Crippen LogP contribution in [0.1, 0.15) is 0 Å². The maximum atomic E-state index is 12.4. The van der Waals surface area contributed by atoms with Crippen molar-refractivity contribution in [3.8, 4) is 91.1 Å². The van der Waals surface area contributed by atoms with E-state index in [0.29, 0.717) is 102 Å². The molecule has 4 aliphatic rings. The van der Waals surface area contributed by atoms with Crippen LogP contribution in [-0.4, -0.2) is 106 Å². The van der Waals surface area contributed by atoms with Gasteiger partial charge in [0.05, 0.1) is 9.79 Å². The van der Waals surface area contributed by atoms with Crippen molar-refractivity contribution in [3.05, 3.63) is 182 Å². The van der Waals surface area contributed by atoms with Crippen LogP contribution < -0.4 is 0 Å². The topological polar surface area (TPSA) is 332 Å². The zero-order valence-electron chi connectivity index (χ0n) is 45.3. The van der Waals surface area contributed by atoms with Gasteiger partial charge in [0.15, 0.2) is 46.6 Å². The van der Waals surface area contributed by atoms with E-state index in [0.717, 1.165) is 54.9 Å². The molecule has 16 bridgehead atoms. The van der Waals surface area contributed by atoms with E-state index < -0.39 is 30.0 Å². The van der Waals surface area contributed by atoms with Gasteiger partial charge in [0.2, 0.25) is 0 Å². The molecule has 1 radical (unpaired) electrons. The van der Waals surface area contributed by atoms with Gasteiger partial charge in [0.25, 0.3) is 0 Å². The van der Waals surface area contributed by atoms with E-state index >= 15 is 0 Å². The molecule has 0 unspecified atom stereocenters. The molecule has 18 rings (SSSR count). The molecule has 22 nitrogen and oxygen atoms in total. The molecule has 14 aromatic rings. The number of benzene rings is 8. The molecule has 4 aliphatic heterocycles. The average Bonchev–Trinajstić information content (AvgIpc) is 1.68. The maximum absolute atomic E-state index is 12.4. The van der Waals surface area contributed by atoms with Crippen molar-refractivity contribution in [1.82, 2.24) is 79.7 Å². The zero-order chi connectivity index (χ0) is 59.2. The second kappa shape index (κ2) is 19.9. The van der Waals surface area contributed by atoms with Crippen LogP contribution in [0.5, 0.6) is 0 Å². The molecule has 0 saturated carbocycles. The van der Waals surface area contributed by atoms with Crippen molar-refractivity contribution < 1.29 is 42.7 Å². The number of hydrogen-bond donors (Lipinski definition) is 4. The van der Waals surface area contributed by atoms with Gasteiger partial charge in [0, 0.05) is 87.6 Å². The second-order valence-electron chi connectivity index (χ2n) is 20.8. The summed E-state index contributed by atoms with van der Waals surface area (Å²) in [4.78, 5) is 70.4. The number of nitrogens with one attached hydrogen (secondary N) is 4. The second-order valence-corrected chi connectivity index (χ2v) is 23.5. The summed E-state index contributed by atoms with van der Waals surface area (Å²) in [6.07, 6.45) is 0. The van der Waals surface area contributed by atoms with Gasteiger partial charge in [-0.05, 0) is 12.1 Å². The molecule has 4 N–H and O–H groups in total. The molecule has 0 atom stereocenters. The van der Waals surface area contributed by atoms with E-state index in [1.807, 2.05) is 146 Å². The molecule has 0 saturated heterocycles. The van der Waals surface area contributed by atoms with Gasteiger partial charge in [-0.25, -0.2) is 76.6 Å². The van der Waals surface area contributed by atoms with Gasteiger partial charge in [0.1, 0.15) is 65.4 Å². The van der Waals surface area contributed by atoms with Gasteiger partial charge in [-0.1, -0.05) is 170 Å². The fourth-order valence-corrected chi connectivity index (χ4v) is 13.1. The Kier molecular flexibility index (Phi) is 11.9. The van der Waals surface area contributed by atoms with E-state index in [1.165, 1.54) is 24.3 Å². The van der Waals surface area contributed by atoms with Gasteiger partial charge in [-0.15, -0.1) is 0 Å².